The number of nitrogens with one attached hydrogen (secondary N) is 2. The zero-order chi connectivity index (χ0) is 26.9. The van der Waals surface area contributed by atoms with Gasteiger partial charge in [-0.15, -0.1) is 11.3 Å². The van der Waals surface area contributed by atoms with Crippen molar-refractivity contribution < 1.29 is 14.7 Å². The highest BCUT2D eigenvalue weighted by Gasteiger charge is 2.34. The Bertz CT molecular complexity index is 1160. The summed E-state index contributed by atoms with van der Waals surface area (Å²) < 4.78 is 0. The summed E-state index contributed by atoms with van der Waals surface area (Å²) in [5.41, 5.74) is 1.40. The van der Waals surface area contributed by atoms with E-state index in [4.69, 9.17) is 4.98 Å². The SMILES string of the molecule is CC1CCCCN1C(=O)c1nc(C(=O)NCC(C)(C)O)sc1-c1cnc(NC2CCCCC2)cc1C1CC1. The van der Waals surface area contributed by atoms with Gasteiger partial charge in [0.25, 0.3) is 11.8 Å². The lowest BCUT2D eigenvalue weighted by atomic mass is 9.95. The molecule has 9 heteroatoms. The average molecular weight is 540 g/mol. The number of hydrogen-bond acceptors (Lipinski definition) is 7. The van der Waals surface area contributed by atoms with Crippen molar-refractivity contribution in [2.75, 3.05) is 18.4 Å². The fraction of sp³-hybridized carbons (Fsp3) is 0.655. The number of amides is 2. The quantitative estimate of drug-likeness (QED) is 0.418. The van der Waals surface area contributed by atoms with Gasteiger partial charge >= 0.3 is 0 Å². The van der Waals surface area contributed by atoms with E-state index in [2.05, 4.69) is 28.6 Å². The number of aliphatic hydroxyl groups is 1. The molecule has 3 aliphatic rings. The molecule has 38 heavy (non-hydrogen) atoms. The molecule has 2 amide bonds. The van der Waals surface area contributed by atoms with Gasteiger partial charge in [0.05, 0.1) is 10.5 Å². The standard InChI is InChI=1S/C29H41N5O3S/c1-18-9-7-8-14-34(18)28(36)24-25(38-27(33-24)26(35)31-17-29(2,3)37)22-16-30-23(15-21(22)19-12-13-19)32-20-10-5-4-6-11-20/h15-16,18-20,37H,4-14,17H2,1-3H3,(H,30,32)(H,31,35). The van der Waals surface area contributed by atoms with Gasteiger partial charge in [0.2, 0.25) is 0 Å². The number of pyridine rings is 1. The van der Waals surface area contributed by atoms with E-state index in [-0.39, 0.29) is 29.4 Å². The van der Waals surface area contributed by atoms with Gasteiger partial charge in [-0.25, -0.2) is 9.97 Å². The highest BCUT2D eigenvalue weighted by atomic mass is 32.1. The number of hydrogen-bond donors (Lipinski definition) is 3. The van der Waals surface area contributed by atoms with E-state index in [1.807, 2.05) is 11.1 Å². The Morgan fingerprint density at radius 3 is 2.53 bits per heavy atom. The molecular formula is C29H41N5O3S. The molecule has 1 atom stereocenters. The summed E-state index contributed by atoms with van der Waals surface area (Å²) in [4.78, 5) is 38.9. The number of thiazole rings is 1. The summed E-state index contributed by atoms with van der Waals surface area (Å²) in [6.45, 7) is 6.18. The monoisotopic (exact) mass is 539 g/mol. The van der Waals surface area contributed by atoms with Crippen molar-refractivity contribution >= 4 is 29.0 Å². The van der Waals surface area contributed by atoms with Crippen LogP contribution in [0.1, 0.15) is 117 Å². The number of anilines is 1. The van der Waals surface area contributed by atoms with E-state index >= 15 is 0 Å². The molecule has 2 aromatic rings. The van der Waals surface area contributed by atoms with Crippen LogP contribution in [0, 0.1) is 0 Å². The largest absolute Gasteiger partial charge is 0.389 e. The van der Waals surface area contributed by atoms with Crippen molar-refractivity contribution in [3.05, 3.63) is 28.5 Å². The number of piperidine rings is 1. The van der Waals surface area contributed by atoms with Gasteiger partial charge < -0.3 is 20.6 Å². The van der Waals surface area contributed by atoms with E-state index in [9.17, 15) is 14.7 Å². The van der Waals surface area contributed by atoms with Crippen molar-refractivity contribution in [1.82, 2.24) is 20.2 Å². The van der Waals surface area contributed by atoms with Crippen molar-refractivity contribution in [2.45, 2.75) is 109 Å². The van der Waals surface area contributed by atoms with Crippen LogP contribution < -0.4 is 10.6 Å². The van der Waals surface area contributed by atoms with Crippen LogP contribution in [0.3, 0.4) is 0 Å². The molecular weight excluding hydrogens is 498 g/mol. The Labute approximate surface area is 229 Å². The minimum Gasteiger partial charge on any atom is -0.389 e. The average Bonchev–Trinajstić information content (AvgIpc) is 3.65. The van der Waals surface area contributed by atoms with Crippen molar-refractivity contribution in [3.8, 4) is 10.4 Å². The molecule has 2 aromatic heterocycles. The van der Waals surface area contributed by atoms with E-state index < -0.39 is 5.60 Å². The third-order valence-electron chi connectivity index (χ3n) is 7.92. The molecule has 206 valence electrons. The van der Waals surface area contributed by atoms with E-state index in [0.717, 1.165) is 48.4 Å². The molecule has 2 aliphatic carbocycles. The summed E-state index contributed by atoms with van der Waals surface area (Å²) in [5.74, 6) is 0.843. The number of likely N-dealkylation sites (tertiary alicyclic amines) is 1. The first-order chi connectivity index (χ1) is 18.2. The molecule has 2 saturated carbocycles. The first-order valence-corrected chi connectivity index (χ1v) is 15.1. The third-order valence-corrected chi connectivity index (χ3v) is 9.01. The van der Waals surface area contributed by atoms with Crippen LogP contribution in [0.25, 0.3) is 10.4 Å². The Kier molecular flexibility index (Phi) is 8.05. The summed E-state index contributed by atoms with van der Waals surface area (Å²) in [6, 6.07) is 2.76. The molecule has 3 N–H and O–H groups in total. The fourth-order valence-electron chi connectivity index (χ4n) is 5.58. The van der Waals surface area contributed by atoms with E-state index in [1.54, 1.807) is 13.8 Å². The van der Waals surface area contributed by atoms with Gasteiger partial charge in [0.15, 0.2) is 5.01 Å². The van der Waals surface area contributed by atoms with Crippen LogP contribution in [-0.4, -0.2) is 62.6 Å². The summed E-state index contributed by atoms with van der Waals surface area (Å²) >= 11 is 1.25. The minimum atomic E-state index is -1.04. The van der Waals surface area contributed by atoms with Gasteiger partial charge in [-0.1, -0.05) is 19.3 Å². The lowest BCUT2D eigenvalue weighted by Gasteiger charge is -2.33. The maximum atomic E-state index is 13.8. The Balaban J connectivity index is 1.50. The second kappa shape index (κ2) is 11.3. The van der Waals surface area contributed by atoms with Gasteiger partial charge in [-0.05, 0) is 83.3 Å². The maximum Gasteiger partial charge on any atom is 0.280 e. The number of rotatable bonds is 8. The highest BCUT2D eigenvalue weighted by molar-refractivity contribution is 7.17. The molecule has 3 fully saturated rings. The van der Waals surface area contributed by atoms with Gasteiger partial charge in [-0.3, -0.25) is 9.59 Å². The van der Waals surface area contributed by atoms with E-state index in [1.165, 1.54) is 49.0 Å². The third kappa shape index (κ3) is 6.37. The number of nitrogens with zero attached hydrogens (tertiary/aromatic N) is 3. The predicted octanol–water partition coefficient (Wildman–Crippen LogP) is 5.34. The van der Waals surface area contributed by atoms with Crippen molar-refractivity contribution in [2.24, 2.45) is 0 Å². The lowest BCUT2D eigenvalue weighted by molar-refractivity contribution is 0.0630. The fourth-order valence-corrected chi connectivity index (χ4v) is 6.59. The lowest BCUT2D eigenvalue weighted by Crippen LogP contribution is -2.42. The van der Waals surface area contributed by atoms with Gasteiger partial charge in [-0.2, -0.15) is 0 Å². The summed E-state index contributed by atoms with van der Waals surface area (Å²) in [5, 5.41) is 16.7. The highest BCUT2D eigenvalue weighted by Crippen LogP contribution is 2.47. The van der Waals surface area contributed by atoms with Crippen LogP contribution in [0.5, 0.6) is 0 Å². The van der Waals surface area contributed by atoms with Crippen LogP contribution >= 0.6 is 11.3 Å². The topological polar surface area (TPSA) is 107 Å². The number of carbonyl (C=O) groups excluding carboxylic acids is 2. The van der Waals surface area contributed by atoms with E-state index in [0.29, 0.717) is 24.2 Å². The summed E-state index contributed by atoms with van der Waals surface area (Å²) in [7, 11) is 0. The minimum absolute atomic E-state index is 0.101. The predicted molar refractivity (Wildman–Crippen MR) is 151 cm³/mol. The van der Waals surface area contributed by atoms with Crippen molar-refractivity contribution in [1.29, 1.82) is 0 Å². The second-order valence-corrected chi connectivity index (χ2v) is 12.9. The molecule has 0 aromatic carbocycles. The number of aromatic nitrogens is 2. The smallest absolute Gasteiger partial charge is 0.280 e. The Morgan fingerprint density at radius 2 is 1.84 bits per heavy atom. The van der Waals surface area contributed by atoms with Gasteiger partial charge in [0.1, 0.15) is 11.5 Å². The molecule has 0 spiro atoms. The molecule has 3 heterocycles. The van der Waals surface area contributed by atoms with Crippen LogP contribution in [0.15, 0.2) is 12.3 Å². The molecule has 1 unspecified atom stereocenters. The summed E-state index contributed by atoms with van der Waals surface area (Å²) in [6.07, 6.45) is 13.3. The first kappa shape index (κ1) is 27.1. The maximum absolute atomic E-state index is 13.8. The second-order valence-electron chi connectivity index (χ2n) is 11.9. The van der Waals surface area contributed by atoms with Crippen molar-refractivity contribution in [3.63, 3.8) is 0 Å². The molecule has 0 bridgehead atoms. The Morgan fingerprint density at radius 1 is 1.11 bits per heavy atom. The number of carbonyl (C=O) groups is 2. The van der Waals surface area contributed by atoms with Crippen LogP contribution in [-0.2, 0) is 0 Å². The zero-order valence-corrected chi connectivity index (χ0v) is 23.7. The molecule has 1 saturated heterocycles. The molecule has 0 radical (unpaired) electrons. The molecule has 8 nitrogen and oxygen atoms in total. The van der Waals surface area contributed by atoms with Gasteiger partial charge in [0, 0.05) is 36.9 Å². The normalized spacial score (nSPS) is 20.8. The van der Waals surface area contributed by atoms with Crippen LogP contribution in [0.2, 0.25) is 0 Å². The molecule has 5 rings (SSSR count). The Hall–Kier alpha value is -2.52. The molecule has 1 aliphatic heterocycles. The first-order valence-electron chi connectivity index (χ1n) is 14.3. The van der Waals surface area contributed by atoms with Crippen LogP contribution in [0.4, 0.5) is 5.82 Å². The zero-order valence-electron chi connectivity index (χ0n) is 22.9.